The molecule has 1 aliphatic rings. The van der Waals surface area contributed by atoms with Crippen LogP contribution in [0.3, 0.4) is 0 Å². The lowest BCUT2D eigenvalue weighted by Gasteiger charge is -2.44. The van der Waals surface area contributed by atoms with E-state index < -0.39 is 0 Å². The van der Waals surface area contributed by atoms with Gasteiger partial charge < -0.3 is 14.2 Å². The van der Waals surface area contributed by atoms with Gasteiger partial charge in [-0.1, -0.05) is 39.3 Å². The van der Waals surface area contributed by atoms with E-state index in [1.165, 1.54) is 12.0 Å². The first kappa shape index (κ1) is 15.3. The van der Waals surface area contributed by atoms with Crippen molar-refractivity contribution in [3.8, 4) is 5.75 Å². The van der Waals surface area contributed by atoms with Crippen molar-refractivity contribution in [3.05, 3.63) is 29.8 Å². The van der Waals surface area contributed by atoms with Crippen LogP contribution in [0.1, 0.15) is 45.3 Å². The molecule has 1 aliphatic heterocycles. The standard InChI is InChI=1S/C17H26O3/c1-4-5-10-18-11-12-19-15-8-6-14(7-9-15)16-17(2,3)13-20-16/h6-9,16H,4-5,10-13H2,1-3H3. The van der Waals surface area contributed by atoms with Gasteiger partial charge in [0.25, 0.3) is 0 Å². The Morgan fingerprint density at radius 2 is 1.90 bits per heavy atom. The lowest BCUT2D eigenvalue weighted by Crippen LogP contribution is -2.40. The monoisotopic (exact) mass is 278 g/mol. The molecule has 1 unspecified atom stereocenters. The lowest BCUT2D eigenvalue weighted by molar-refractivity contribution is -0.172. The quantitative estimate of drug-likeness (QED) is 0.673. The average Bonchev–Trinajstić information content (AvgIpc) is 2.43. The van der Waals surface area contributed by atoms with E-state index in [-0.39, 0.29) is 11.5 Å². The Hall–Kier alpha value is -1.06. The third-order valence-corrected chi connectivity index (χ3v) is 3.65. The van der Waals surface area contributed by atoms with E-state index in [0.29, 0.717) is 13.2 Å². The Morgan fingerprint density at radius 1 is 1.15 bits per heavy atom. The maximum absolute atomic E-state index is 5.66. The zero-order chi connectivity index (χ0) is 14.4. The number of hydrogen-bond donors (Lipinski definition) is 0. The molecular weight excluding hydrogens is 252 g/mol. The number of benzene rings is 1. The minimum Gasteiger partial charge on any atom is -0.491 e. The number of ether oxygens (including phenoxy) is 3. The molecule has 0 amide bonds. The molecule has 0 N–H and O–H groups in total. The molecule has 1 aromatic rings. The van der Waals surface area contributed by atoms with Crippen molar-refractivity contribution in [1.29, 1.82) is 0 Å². The molecule has 1 aromatic carbocycles. The van der Waals surface area contributed by atoms with Crippen molar-refractivity contribution >= 4 is 0 Å². The minimum atomic E-state index is 0.217. The molecule has 3 heteroatoms. The highest BCUT2D eigenvalue weighted by Crippen LogP contribution is 2.45. The Labute approximate surface area is 122 Å². The van der Waals surface area contributed by atoms with Crippen LogP contribution in [0.5, 0.6) is 5.75 Å². The fraction of sp³-hybridized carbons (Fsp3) is 0.647. The molecule has 2 rings (SSSR count). The molecule has 1 heterocycles. The predicted octanol–water partition coefficient (Wildman–Crippen LogP) is 3.98. The molecule has 0 saturated carbocycles. The Balaban J connectivity index is 1.72. The summed E-state index contributed by atoms with van der Waals surface area (Å²) in [7, 11) is 0. The van der Waals surface area contributed by atoms with Gasteiger partial charge in [0.1, 0.15) is 12.4 Å². The average molecular weight is 278 g/mol. The number of hydrogen-bond acceptors (Lipinski definition) is 3. The van der Waals surface area contributed by atoms with E-state index in [1.807, 2.05) is 12.1 Å². The van der Waals surface area contributed by atoms with E-state index in [4.69, 9.17) is 14.2 Å². The summed E-state index contributed by atoms with van der Waals surface area (Å²) in [5, 5.41) is 0. The van der Waals surface area contributed by atoms with Crippen molar-refractivity contribution in [1.82, 2.24) is 0 Å². The third-order valence-electron chi connectivity index (χ3n) is 3.65. The second kappa shape index (κ2) is 7.09. The Bertz CT molecular complexity index is 397. The van der Waals surface area contributed by atoms with Crippen LogP contribution in [0.2, 0.25) is 0 Å². The van der Waals surface area contributed by atoms with Gasteiger partial charge in [-0.25, -0.2) is 0 Å². The van der Waals surface area contributed by atoms with Crippen LogP contribution < -0.4 is 4.74 Å². The summed E-state index contributed by atoms with van der Waals surface area (Å²) < 4.78 is 16.8. The summed E-state index contributed by atoms with van der Waals surface area (Å²) in [5.74, 6) is 0.893. The molecule has 1 saturated heterocycles. The Morgan fingerprint density at radius 3 is 2.45 bits per heavy atom. The molecule has 3 nitrogen and oxygen atoms in total. The summed E-state index contributed by atoms with van der Waals surface area (Å²) >= 11 is 0. The van der Waals surface area contributed by atoms with Gasteiger partial charge in [0, 0.05) is 12.0 Å². The lowest BCUT2D eigenvalue weighted by atomic mass is 9.79. The van der Waals surface area contributed by atoms with Crippen LogP contribution >= 0.6 is 0 Å². The highest BCUT2D eigenvalue weighted by molar-refractivity contribution is 5.30. The molecule has 1 fully saturated rings. The van der Waals surface area contributed by atoms with E-state index in [2.05, 4.69) is 32.9 Å². The van der Waals surface area contributed by atoms with Gasteiger partial charge >= 0.3 is 0 Å². The molecule has 20 heavy (non-hydrogen) atoms. The summed E-state index contributed by atoms with van der Waals surface area (Å²) in [4.78, 5) is 0. The molecule has 0 spiro atoms. The van der Waals surface area contributed by atoms with Gasteiger partial charge in [0.05, 0.1) is 19.3 Å². The molecule has 0 radical (unpaired) electrons. The molecule has 1 atom stereocenters. The van der Waals surface area contributed by atoms with Crippen molar-refractivity contribution in [3.63, 3.8) is 0 Å². The van der Waals surface area contributed by atoms with E-state index in [1.54, 1.807) is 0 Å². The summed E-state index contributed by atoms with van der Waals surface area (Å²) in [5.41, 5.74) is 1.47. The highest BCUT2D eigenvalue weighted by Gasteiger charge is 2.40. The molecular formula is C17H26O3. The van der Waals surface area contributed by atoms with Crippen LogP contribution in [-0.2, 0) is 9.47 Å². The first-order chi connectivity index (χ1) is 9.63. The SMILES string of the molecule is CCCCOCCOc1ccc(C2OCC2(C)C)cc1. The summed E-state index contributed by atoms with van der Waals surface area (Å²) in [6.45, 7) is 9.56. The van der Waals surface area contributed by atoms with Crippen molar-refractivity contribution in [2.24, 2.45) is 5.41 Å². The molecule has 0 aliphatic carbocycles. The normalized spacial score (nSPS) is 20.4. The topological polar surface area (TPSA) is 27.7 Å². The number of unbranched alkanes of at least 4 members (excludes halogenated alkanes) is 1. The van der Waals surface area contributed by atoms with Gasteiger partial charge in [-0.2, -0.15) is 0 Å². The zero-order valence-electron chi connectivity index (χ0n) is 12.9. The van der Waals surface area contributed by atoms with Gasteiger partial charge in [-0.3, -0.25) is 0 Å². The van der Waals surface area contributed by atoms with Gasteiger partial charge in [-0.05, 0) is 24.1 Å². The van der Waals surface area contributed by atoms with Crippen LogP contribution in [0, 0.1) is 5.41 Å². The highest BCUT2D eigenvalue weighted by atomic mass is 16.5. The first-order valence-electron chi connectivity index (χ1n) is 7.55. The van der Waals surface area contributed by atoms with Crippen LogP contribution in [-0.4, -0.2) is 26.4 Å². The molecule has 112 valence electrons. The second-order valence-electron chi connectivity index (χ2n) is 6.06. The van der Waals surface area contributed by atoms with E-state index in [9.17, 15) is 0 Å². The van der Waals surface area contributed by atoms with E-state index >= 15 is 0 Å². The van der Waals surface area contributed by atoms with Crippen molar-refractivity contribution < 1.29 is 14.2 Å². The van der Waals surface area contributed by atoms with Gasteiger partial charge in [0.15, 0.2) is 0 Å². The largest absolute Gasteiger partial charge is 0.491 e. The zero-order valence-corrected chi connectivity index (χ0v) is 12.9. The predicted molar refractivity (Wildman–Crippen MR) is 80.1 cm³/mol. The summed E-state index contributed by atoms with van der Waals surface area (Å²) in [6, 6.07) is 8.22. The summed E-state index contributed by atoms with van der Waals surface area (Å²) in [6.07, 6.45) is 2.50. The molecule has 0 bridgehead atoms. The fourth-order valence-corrected chi connectivity index (χ4v) is 2.35. The van der Waals surface area contributed by atoms with Gasteiger partial charge in [0.2, 0.25) is 0 Å². The minimum absolute atomic E-state index is 0.217. The Kier molecular flexibility index (Phi) is 5.44. The van der Waals surface area contributed by atoms with Crippen LogP contribution in [0.25, 0.3) is 0 Å². The maximum Gasteiger partial charge on any atom is 0.119 e. The third kappa shape index (κ3) is 3.97. The van der Waals surface area contributed by atoms with Crippen molar-refractivity contribution in [2.45, 2.75) is 39.7 Å². The van der Waals surface area contributed by atoms with Gasteiger partial charge in [-0.15, -0.1) is 0 Å². The number of rotatable bonds is 8. The smallest absolute Gasteiger partial charge is 0.119 e. The van der Waals surface area contributed by atoms with Crippen LogP contribution in [0.4, 0.5) is 0 Å². The van der Waals surface area contributed by atoms with Crippen LogP contribution in [0.15, 0.2) is 24.3 Å². The van der Waals surface area contributed by atoms with Crippen molar-refractivity contribution in [2.75, 3.05) is 26.4 Å². The second-order valence-corrected chi connectivity index (χ2v) is 6.06. The fourth-order valence-electron chi connectivity index (χ4n) is 2.35. The van der Waals surface area contributed by atoms with E-state index in [0.717, 1.165) is 25.4 Å². The first-order valence-corrected chi connectivity index (χ1v) is 7.55. The molecule has 0 aromatic heterocycles. The maximum atomic E-state index is 5.66.